The summed E-state index contributed by atoms with van der Waals surface area (Å²) in [6.07, 6.45) is 3.36. The third-order valence-corrected chi connectivity index (χ3v) is 4.25. The molecule has 0 saturated carbocycles. The Labute approximate surface area is 124 Å². The van der Waals surface area contributed by atoms with E-state index < -0.39 is 0 Å². The average Bonchev–Trinajstić information content (AvgIpc) is 2.37. The standard InChI is InChI=1S/C16H33N3O/c1-6-16(4,5)18-15(20)12-19-9-7-14(8-10-19)11-17-13(2)3/h13-14,17H,6-12H2,1-5H3,(H,18,20). The van der Waals surface area contributed by atoms with Gasteiger partial charge in [0.25, 0.3) is 0 Å². The van der Waals surface area contributed by atoms with Crippen molar-refractivity contribution in [2.75, 3.05) is 26.2 Å². The largest absolute Gasteiger partial charge is 0.350 e. The molecule has 1 aliphatic rings. The first-order valence-corrected chi connectivity index (χ1v) is 8.09. The van der Waals surface area contributed by atoms with E-state index in [1.807, 2.05) is 0 Å². The van der Waals surface area contributed by atoms with Crippen molar-refractivity contribution in [3.8, 4) is 0 Å². The van der Waals surface area contributed by atoms with Crippen molar-refractivity contribution in [2.24, 2.45) is 5.92 Å². The lowest BCUT2D eigenvalue weighted by Gasteiger charge is -2.33. The lowest BCUT2D eigenvalue weighted by atomic mass is 9.96. The first-order valence-electron chi connectivity index (χ1n) is 8.09. The summed E-state index contributed by atoms with van der Waals surface area (Å²) in [5, 5.41) is 6.62. The molecular formula is C16H33N3O. The van der Waals surface area contributed by atoms with Gasteiger partial charge >= 0.3 is 0 Å². The summed E-state index contributed by atoms with van der Waals surface area (Å²) >= 11 is 0. The van der Waals surface area contributed by atoms with Crippen molar-refractivity contribution in [3.63, 3.8) is 0 Å². The Morgan fingerprint density at radius 3 is 2.40 bits per heavy atom. The highest BCUT2D eigenvalue weighted by molar-refractivity contribution is 5.78. The SMILES string of the molecule is CCC(C)(C)NC(=O)CN1CCC(CNC(C)C)CC1. The number of likely N-dealkylation sites (tertiary alicyclic amines) is 1. The number of hydrogen-bond donors (Lipinski definition) is 2. The second-order valence-corrected chi connectivity index (χ2v) is 7.07. The van der Waals surface area contributed by atoms with E-state index in [4.69, 9.17) is 0 Å². The van der Waals surface area contributed by atoms with Gasteiger partial charge in [0.1, 0.15) is 0 Å². The Morgan fingerprint density at radius 2 is 1.90 bits per heavy atom. The van der Waals surface area contributed by atoms with Crippen molar-refractivity contribution in [1.82, 2.24) is 15.5 Å². The monoisotopic (exact) mass is 283 g/mol. The minimum atomic E-state index is -0.0867. The van der Waals surface area contributed by atoms with Crippen LogP contribution < -0.4 is 10.6 Å². The first kappa shape index (κ1) is 17.4. The van der Waals surface area contributed by atoms with Crippen molar-refractivity contribution >= 4 is 5.91 Å². The van der Waals surface area contributed by atoms with Crippen molar-refractivity contribution in [2.45, 2.75) is 65.5 Å². The van der Waals surface area contributed by atoms with Gasteiger partial charge in [-0.2, -0.15) is 0 Å². The molecule has 2 N–H and O–H groups in total. The van der Waals surface area contributed by atoms with Crippen LogP contribution in [0.5, 0.6) is 0 Å². The highest BCUT2D eigenvalue weighted by atomic mass is 16.2. The Hall–Kier alpha value is -0.610. The zero-order chi connectivity index (χ0) is 15.2. The number of carbonyl (C=O) groups is 1. The van der Waals surface area contributed by atoms with Gasteiger partial charge in [-0.25, -0.2) is 0 Å². The van der Waals surface area contributed by atoms with E-state index in [-0.39, 0.29) is 11.4 Å². The molecule has 0 spiro atoms. The maximum absolute atomic E-state index is 12.0. The summed E-state index contributed by atoms with van der Waals surface area (Å²) in [4.78, 5) is 14.3. The van der Waals surface area contributed by atoms with Gasteiger partial charge in [-0.15, -0.1) is 0 Å². The zero-order valence-corrected chi connectivity index (χ0v) is 14.0. The molecule has 1 rings (SSSR count). The maximum atomic E-state index is 12.0. The molecule has 0 radical (unpaired) electrons. The number of nitrogens with one attached hydrogen (secondary N) is 2. The molecule has 1 saturated heterocycles. The second-order valence-electron chi connectivity index (χ2n) is 7.07. The molecule has 118 valence electrons. The Bertz CT molecular complexity index is 294. The number of piperidine rings is 1. The molecule has 0 aliphatic carbocycles. The summed E-state index contributed by atoms with van der Waals surface area (Å²) in [5.74, 6) is 0.930. The molecule has 1 heterocycles. The molecule has 0 unspecified atom stereocenters. The second kappa shape index (κ2) is 7.99. The molecule has 0 aromatic heterocycles. The third kappa shape index (κ3) is 6.71. The molecule has 20 heavy (non-hydrogen) atoms. The van der Waals surface area contributed by atoms with Gasteiger partial charge in [0.2, 0.25) is 5.91 Å². The summed E-state index contributed by atoms with van der Waals surface area (Å²) < 4.78 is 0. The fraction of sp³-hybridized carbons (Fsp3) is 0.938. The lowest BCUT2D eigenvalue weighted by Crippen LogP contribution is -2.49. The Morgan fingerprint density at radius 1 is 1.30 bits per heavy atom. The number of hydrogen-bond acceptors (Lipinski definition) is 3. The highest BCUT2D eigenvalue weighted by Gasteiger charge is 2.23. The van der Waals surface area contributed by atoms with Gasteiger partial charge in [-0.05, 0) is 58.7 Å². The summed E-state index contributed by atoms with van der Waals surface area (Å²) in [6.45, 7) is 14.4. The lowest BCUT2D eigenvalue weighted by molar-refractivity contribution is -0.124. The maximum Gasteiger partial charge on any atom is 0.234 e. The predicted molar refractivity (Wildman–Crippen MR) is 84.8 cm³/mol. The zero-order valence-electron chi connectivity index (χ0n) is 14.0. The quantitative estimate of drug-likeness (QED) is 0.751. The third-order valence-electron chi connectivity index (χ3n) is 4.25. The van der Waals surface area contributed by atoms with Crippen molar-refractivity contribution < 1.29 is 4.79 Å². The number of rotatable bonds is 7. The number of nitrogens with zero attached hydrogens (tertiary/aromatic N) is 1. The minimum absolute atomic E-state index is 0.0867. The van der Waals surface area contributed by atoms with Gasteiger partial charge in [0.05, 0.1) is 6.54 Å². The molecule has 0 bridgehead atoms. The van der Waals surface area contributed by atoms with Crippen LogP contribution in [0.4, 0.5) is 0 Å². The van der Waals surface area contributed by atoms with E-state index in [2.05, 4.69) is 50.2 Å². The van der Waals surface area contributed by atoms with Gasteiger partial charge in [-0.1, -0.05) is 20.8 Å². The fourth-order valence-electron chi connectivity index (χ4n) is 2.46. The van der Waals surface area contributed by atoms with E-state index in [1.54, 1.807) is 0 Å². The van der Waals surface area contributed by atoms with Crippen LogP contribution in [0.2, 0.25) is 0 Å². The van der Waals surface area contributed by atoms with Crippen LogP contribution in [-0.4, -0.2) is 48.6 Å². The molecule has 4 heteroatoms. The van der Waals surface area contributed by atoms with Crippen molar-refractivity contribution in [1.29, 1.82) is 0 Å². The average molecular weight is 283 g/mol. The predicted octanol–water partition coefficient (Wildman–Crippen LogP) is 2.00. The fourth-order valence-corrected chi connectivity index (χ4v) is 2.46. The normalized spacial score (nSPS) is 18.5. The molecular weight excluding hydrogens is 250 g/mol. The first-order chi connectivity index (χ1) is 9.32. The topological polar surface area (TPSA) is 44.4 Å². The van der Waals surface area contributed by atoms with Gasteiger partial charge in [0, 0.05) is 11.6 Å². The van der Waals surface area contributed by atoms with E-state index in [0.29, 0.717) is 12.6 Å². The molecule has 4 nitrogen and oxygen atoms in total. The van der Waals surface area contributed by atoms with Crippen LogP contribution in [0.1, 0.15) is 53.9 Å². The Balaban J connectivity index is 2.23. The van der Waals surface area contributed by atoms with Crippen LogP contribution >= 0.6 is 0 Å². The summed E-state index contributed by atoms with van der Waals surface area (Å²) in [6, 6.07) is 0.565. The Kier molecular flexibility index (Phi) is 6.96. The molecule has 0 atom stereocenters. The molecule has 1 fully saturated rings. The molecule has 1 aliphatic heterocycles. The molecule has 0 aromatic carbocycles. The van der Waals surface area contributed by atoms with Gasteiger partial charge in [-0.3, -0.25) is 9.69 Å². The van der Waals surface area contributed by atoms with Crippen LogP contribution in [0.15, 0.2) is 0 Å². The molecule has 1 amide bonds. The molecule has 0 aromatic rings. The van der Waals surface area contributed by atoms with E-state index in [1.165, 1.54) is 12.8 Å². The number of amides is 1. The van der Waals surface area contributed by atoms with Crippen LogP contribution in [0, 0.1) is 5.92 Å². The minimum Gasteiger partial charge on any atom is -0.350 e. The van der Waals surface area contributed by atoms with Crippen LogP contribution in [-0.2, 0) is 4.79 Å². The van der Waals surface area contributed by atoms with Gasteiger partial charge in [0.15, 0.2) is 0 Å². The van der Waals surface area contributed by atoms with E-state index in [9.17, 15) is 4.79 Å². The van der Waals surface area contributed by atoms with Gasteiger partial charge < -0.3 is 10.6 Å². The smallest absolute Gasteiger partial charge is 0.234 e. The van der Waals surface area contributed by atoms with E-state index in [0.717, 1.165) is 32.0 Å². The van der Waals surface area contributed by atoms with Crippen molar-refractivity contribution in [3.05, 3.63) is 0 Å². The number of carbonyl (C=O) groups excluding carboxylic acids is 1. The van der Waals surface area contributed by atoms with Crippen LogP contribution in [0.25, 0.3) is 0 Å². The highest BCUT2D eigenvalue weighted by Crippen LogP contribution is 2.16. The van der Waals surface area contributed by atoms with Crippen LogP contribution in [0.3, 0.4) is 0 Å². The summed E-state index contributed by atoms with van der Waals surface area (Å²) in [7, 11) is 0. The van der Waals surface area contributed by atoms with E-state index >= 15 is 0 Å². The summed E-state index contributed by atoms with van der Waals surface area (Å²) in [5.41, 5.74) is -0.0867.